The number of carbonyl (C=O) groups excluding carboxylic acids is 2. The molecule has 2 amide bonds. The van der Waals surface area contributed by atoms with Gasteiger partial charge in [0.15, 0.2) is 0 Å². The lowest BCUT2D eigenvalue weighted by molar-refractivity contribution is -0.120. The van der Waals surface area contributed by atoms with Crippen molar-refractivity contribution in [1.82, 2.24) is 19.4 Å². The number of hydrogen-bond acceptors (Lipinski definition) is 7. The van der Waals surface area contributed by atoms with Crippen molar-refractivity contribution in [3.05, 3.63) is 77.1 Å². The average molecular weight is 529 g/mol. The molecule has 0 saturated carbocycles. The highest BCUT2D eigenvalue weighted by Gasteiger charge is 2.21. The molecule has 0 fully saturated rings. The fourth-order valence-corrected chi connectivity index (χ4v) is 4.40. The second-order valence-corrected chi connectivity index (χ2v) is 10.4. The molecule has 3 aromatic rings. The van der Waals surface area contributed by atoms with E-state index in [1.807, 2.05) is 42.0 Å². The Hall–Kier alpha value is -3.86. The van der Waals surface area contributed by atoms with Crippen LogP contribution < -0.4 is 14.2 Å². The number of sulfonamides is 1. The minimum Gasteiger partial charge on any atom is -0.496 e. The van der Waals surface area contributed by atoms with E-state index in [4.69, 9.17) is 9.47 Å². The van der Waals surface area contributed by atoms with Crippen LogP contribution in [0.1, 0.15) is 33.6 Å². The van der Waals surface area contributed by atoms with Gasteiger partial charge in [-0.1, -0.05) is 30.3 Å². The monoisotopic (exact) mass is 528 g/mol. The lowest BCUT2D eigenvalue weighted by Crippen LogP contribution is -2.33. The molecule has 2 aromatic carbocycles. The first-order chi connectivity index (χ1) is 17.6. The van der Waals surface area contributed by atoms with E-state index in [1.165, 1.54) is 10.2 Å². The Morgan fingerprint density at radius 3 is 2.30 bits per heavy atom. The predicted octanol–water partition coefficient (Wildman–Crippen LogP) is 2.56. The molecule has 11 heteroatoms. The third kappa shape index (κ3) is 8.07. The second kappa shape index (κ2) is 12.4. The van der Waals surface area contributed by atoms with Crippen molar-refractivity contribution in [2.24, 2.45) is 0 Å². The van der Waals surface area contributed by atoms with Crippen LogP contribution in [0.3, 0.4) is 0 Å². The van der Waals surface area contributed by atoms with Crippen molar-refractivity contribution in [2.75, 3.05) is 27.0 Å². The van der Waals surface area contributed by atoms with E-state index in [-0.39, 0.29) is 19.0 Å². The van der Waals surface area contributed by atoms with Crippen LogP contribution in [-0.2, 0) is 34.3 Å². The molecule has 0 aliphatic carbocycles. The summed E-state index contributed by atoms with van der Waals surface area (Å²) in [4.78, 5) is 27.3. The summed E-state index contributed by atoms with van der Waals surface area (Å²) in [6.07, 6.45) is 4.01. The van der Waals surface area contributed by atoms with Crippen molar-refractivity contribution in [1.29, 1.82) is 0 Å². The lowest BCUT2D eigenvalue weighted by atomic mass is 10.1. The maximum atomic E-state index is 13.6. The van der Waals surface area contributed by atoms with Crippen LogP contribution in [0.5, 0.6) is 11.5 Å². The Bertz CT molecular complexity index is 1310. The number of aryl methyl sites for hydroxylation is 1. The smallest absolute Gasteiger partial charge is 0.255 e. The predicted molar refractivity (Wildman–Crippen MR) is 139 cm³/mol. The molecule has 37 heavy (non-hydrogen) atoms. The molecule has 1 heterocycles. The lowest BCUT2D eigenvalue weighted by Gasteiger charge is -2.23. The SMILES string of the molecule is COc1cc(C(=O)N(CCCc2ccccc2)Cc2ccn(CC(=O)NS(C)(=O)=O)n2)cc(OC)c1C. The zero-order valence-corrected chi connectivity index (χ0v) is 22.2. The molecule has 0 bridgehead atoms. The minimum atomic E-state index is -3.66. The van der Waals surface area contributed by atoms with Crippen LogP contribution in [0.4, 0.5) is 0 Å². The van der Waals surface area contributed by atoms with Gasteiger partial charge < -0.3 is 14.4 Å². The van der Waals surface area contributed by atoms with E-state index < -0.39 is 15.9 Å². The van der Waals surface area contributed by atoms with Gasteiger partial charge in [0.1, 0.15) is 18.0 Å². The molecule has 0 radical (unpaired) electrons. The number of aromatic nitrogens is 2. The molecule has 198 valence electrons. The van der Waals surface area contributed by atoms with Gasteiger partial charge in [-0.3, -0.25) is 19.0 Å². The third-order valence-corrected chi connectivity index (χ3v) is 6.27. The van der Waals surface area contributed by atoms with E-state index in [0.29, 0.717) is 29.3 Å². The van der Waals surface area contributed by atoms with Crippen LogP contribution in [0.15, 0.2) is 54.7 Å². The second-order valence-electron chi connectivity index (χ2n) is 8.62. The molecular formula is C26H32N4O6S. The van der Waals surface area contributed by atoms with Crippen molar-refractivity contribution < 1.29 is 27.5 Å². The molecule has 1 N–H and O–H groups in total. The fraction of sp³-hybridized carbons (Fsp3) is 0.346. The highest BCUT2D eigenvalue weighted by Crippen LogP contribution is 2.30. The summed E-state index contributed by atoms with van der Waals surface area (Å²) >= 11 is 0. The molecule has 0 aliphatic rings. The van der Waals surface area contributed by atoms with Crippen LogP contribution in [0.2, 0.25) is 0 Å². The molecule has 0 unspecified atom stereocenters. The van der Waals surface area contributed by atoms with E-state index >= 15 is 0 Å². The summed E-state index contributed by atoms with van der Waals surface area (Å²) < 4.78 is 36.7. The van der Waals surface area contributed by atoms with E-state index in [0.717, 1.165) is 24.7 Å². The van der Waals surface area contributed by atoms with Gasteiger partial charge in [0, 0.05) is 23.9 Å². The Labute approximate surface area is 217 Å². The first-order valence-corrected chi connectivity index (χ1v) is 13.6. The summed E-state index contributed by atoms with van der Waals surface area (Å²) in [7, 11) is -0.576. The maximum absolute atomic E-state index is 13.6. The van der Waals surface area contributed by atoms with E-state index in [2.05, 4.69) is 5.10 Å². The van der Waals surface area contributed by atoms with Crippen molar-refractivity contribution in [2.45, 2.75) is 32.9 Å². The molecule has 1 aromatic heterocycles. The third-order valence-electron chi connectivity index (χ3n) is 5.68. The van der Waals surface area contributed by atoms with E-state index in [9.17, 15) is 18.0 Å². The largest absolute Gasteiger partial charge is 0.496 e. The first kappa shape index (κ1) is 27.7. The molecule has 0 atom stereocenters. The number of rotatable bonds is 12. The van der Waals surface area contributed by atoms with Gasteiger partial charge in [-0.2, -0.15) is 5.10 Å². The van der Waals surface area contributed by atoms with Crippen LogP contribution >= 0.6 is 0 Å². The van der Waals surface area contributed by atoms with E-state index in [1.54, 1.807) is 43.5 Å². The number of nitrogens with one attached hydrogen (secondary N) is 1. The van der Waals surface area contributed by atoms with Gasteiger partial charge in [-0.05, 0) is 43.5 Å². The quantitative estimate of drug-likeness (QED) is 0.384. The van der Waals surface area contributed by atoms with Crippen molar-refractivity contribution in [3.63, 3.8) is 0 Å². The Kier molecular flexibility index (Phi) is 9.29. The first-order valence-electron chi connectivity index (χ1n) is 11.7. The number of ether oxygens (including phenoxy) is 2. The number of carbonyl (C=O) groups is 2. The number of amides is 2. The summed E-state index contributed by atoms with van der Waals surface area (Å²) in [5.74, 6) is 0.182. The highest BCUT2D eigenvalue weighted by atomic mass is 32.2. The maximum Gasteiger partial charge on any atom is 0.255 e. The normalized spacial score (nSPS) is 11.1. The van der Waals surface area contributed by atoms with Gasteiger partial charge in [0.2, 0.25) is 10.0 Å². The summed E-state index contributed by atoms with van der Waals surface area (Å²) in [6.45, 7) is 2.26. The molecule has 0 saturated heterocycles. The van der Waals surface area contributed by atoms with Gasteiger partial charge in [0.25, 0.3) is 11.8 Å². The van der Waals surface area contributed by atoms with Crippen LogP contribution in [0.25, 0.3) is 0 Å². The number of methoxy groups -OCH3 is 2. The zero-order chi connectivity index (χ0) is 27.0. The fourth-order valence-electron chi connectivity index (χ4n) is 3.92. The van der Waals surface area contributed by atoms with Crippen molar-refractivity contribution in [3.8, 4) is 11.5 Å². The molecule has 0 spiro atoms. The van der Waals surface area contributed by atoms with Crippen LogP contribution in [-0.4, -0.2) is 61.9 Å². The number of hydrogen-bond donors (Lipinski definition) is 1. The Balaban J connectivity index is 1.80. The summed E-state index contributed by atoms with van der Waals surface area (Å²) in [5.41, 5.74) is 2.95. The van der Waals surface area contributed by atoms with Gasteiger partial charge in [0.05, 0.1) is 32.7 Å². The standard InChI is InChI=1S/C26H32N4O6S/c1-19-23(35-2)15-21(16-24(19)36-3)26(32)29(13-8-11-20-9-6-5-7-10-20)17-22-12-14-30(27-22)18-25(31)28-37(4,33)34/h5-7,9-10,12,14-16H,8,11,13,17-18H2,1-4H3,(H,28,31). The van der Waals surface area contributed by atoms with Crippen molar-refractivity contribution >= 4 is 21.8 Å². The zero-order valence-electron chi connectivity index (χ0n) is 21.4. The topological polar surface area (TPSA) is 120 Å². The molecular weight excluding hydrogens is 496 g/mol. The minimum absolute atomic E-state index is 0.201. The van der Waals surface area contributed by atoms with Gasteiger partial charge in [-0.25, -0.2) is 8.42 Å². The highest BCUT2D eigenvalue weighted by molar-refractivity contribution is 7.89. The summed E-state index contributed by atoms with van der Waals surface area (Å²) in [6, 6.07) is 15.1. The van der Waals surface area contributed by atoms with Gasteiger partial charge >= 0.3 is 0 Å². The van der Waals surface area contributed by atoms with Crippen LogP contribution in [0, 0.1) is 6.92 Å². The molecule has 10 nitrogen and oxygen atoms in total. The molecule has 3 rings (SSSR count). The molecule has 0 aliphatic heterocycles. The number of benzene rings is 2. The Morgan fingerprint density at radius 1 is 1.05 bits per heavy atom. The summed E-state index contributed by atoms with van der Waals surface area (Å²) in [5, 5.41) is 4.36. The Morgan fingerprint density at radius 2 is 1.70 bits per heavy atom. The average Bonchev–Trinajstić information content (AvgIpc) is 3.29. The van der Waals surface area contributed by atoms with Gasteiger partial charge in [-0.15, -0.1) is 0 Å². The number of nitrogens with zero attached hydrogens (tertiary/aromatic N) is 3.